The van der Waals surface area contributed by atoms with Gasteiger partial charge in [-0.3, -0.25) is 4.79 Å². The van der Waals surface area contributed by atoms with Crippen molar-refractivity contribution in [2.75, 3.05) is 26.0 Å². The fraction of sp³-hybridized carbons (Fsp3) is 0.250. The van der Waals surface area contributed by atoms with Crippen molar-refractivity contribution in [3.8, 4) is 17.1 Å². The summed E-state index contributed by atoms with van der Waals surface area (Å²) in [5.41, 5.74) is 7.86. The summed E-state index contributed by atoms with van der Waals surface area (Å²) in [5.74, 6) is 0.0837. The van der Waals surface area contributed by atoms with Crippen molar-refractivity contribution in [1.29, 1.82) is 0 Å². The highest BCUT2D eigenvalue weighted by atomic mass is 16.5. The Kier molecular flexibility index (Phi) is 4.96. The Morgan fingerprint density at radius 2 is 2.23 bits per heavy atom. The Hall–Kier alpha value is -3.24. The van der Waals surface area contributed by atoms with Crippen LogP contribution >= 0.6 is 0 Å². The van der Waals surface area contributed by atoms with Crippen LogP contribution in [0.4, 0.5) is 5.82 Å². The largest absolute Gasteiger partial charge is 0.481 e. The molecule has 3 heterocycles. The molecule has 0 fully saturated rings. The molecule has 0 aliphatic rings. The summed E-state index contributed by atoms with van der Waals surface area (Å²) < 4.78 is 6.64. The normalized spacial score (nSPS) is 12.1. The van der Waals surface area contributed by atoms with Crippen LogP contribution in [0.25, 0.3) is 16.8 Å². The summed E-state index contributed by atoms with van der Waals surface area (Å²) in [6.45, 7) is -0.553. The maximum atomic E-state index is 12.5. The van der Waals surface area contributed by atoms with Gasteiger partial charge < -0.3 is 26.0 Å². The van der Waals surface area contributed by atoms with Gasteiger partial charge in [0.1, 0.15) is 11.8 Å². The number of pyridine rings is 1. The number of fused-ring (bicyclic) bond motifs is 1. The smallest absolute Gasteiger partial charge is 0.253 e. The number of anilines is 1. The number of methoxy groups -OCH3 is 1. The van der Waals surface area contributed by atoms with Crippen LogP contribution in [0.15, 0.2) is 30.7 Å². The zero-order chi connectivity index (χ0) is 18.7. The monoisotopic (exact) mass is 358 g/mol. The molecule has 0 aromatic carbocycles. The maximum absolute atomic E-state index is 12.5. The van der Waals surface area contributed by atoms with Crippen LogP contribution in [-0.4, -0.2) is 62.1 Å². The number of amides is 1. The van der Waals surface area contributed by atoms with Crippen molar-refractivity contribution in [3.05, 3.63) is 36.3 Å². The van der Waals surface area contributed by atoms with Crippen molar-refractivity contribution >= 4 is 17.2 Å². The minimum absolute atomic E-state index is 0.0985. The lowest BCUT2D eigenvalue weighted by Gasteiger charge is -2.08. The van der Waals surface area contributed by atoms with E-state index in [-0.39, 0.29) is 17.9 Å². The molecule has 5 N–H and O–H groups in total. The third-order valence-corrected chi connectivity index (χ3v) is 3.78. The molecule has 0 aliphatic carbocycles. The number of carbonyl (C=O) groups excluding carboxylic acids is 1. The molecule has 0 saturated carbocycles. The molecule has 1 amide bonds. The lowest BCUT2D eigenvalue weighted by molar-refractivity contribution is 0.0803. The van der Waals surface area contributed by atoms with Gasteiger partial charge in [0.05, 0.1) is 31.1 Å². The number of hydrogen-bond donors (Lipinski definition) is 4. The van der Waals surface area contributed by atoms with Gasteiger partial charge in [-0.2, -0.15) is 5.10 Å². The number of nitrogens with two attached hydrogens (primary N) is 1. The summed E-state index contributed by atoms with van der Waals surface area (Å²) in [6, 6.07) is 5.08. The van der Waals surface area contributed by atoms with Crippen LogP contribution in [0.2, 0.25) is 0 Å². The number of rotatable bonds is 6. The number of hydrogen-bond acceptors (Lipinski definition) is 8. The standard InChI is InChI=1S/C16H18N6O4/c1-26-13-4-9(2-3-18-13)12-5-11(16(25)19-6-10(24)7-23)14-15(17)20-8-21-22(12)14/h2-5,8,10,23-24H,6-7H2,1H3,(H,19,25)(H2,17,20,21)/t10-/m1/s1. The van der Waals surface area contributed by atoms with Gasteiger partial charge in [-0.15, -0.1) is 0 Å². The number of carbonyl (C=O) groups is 1. The molecule has 0 unspecified atom stereocenters. The van der Waals surface area contributed by atoms with Crippen LogP contribution in [0.1, 0.15) is 10.4 Å². The third-order valence-electron chi connectivity index (χ3n) is 3.78. The zero-order valence-electron chi connectivity index (χ0n) is 14.0. The minimum atomic E-state index is -1.05. The molecule has 0 spiro atoms. The number of aliphatic hydroxyl groups excluding tert-OH is 2. The fourth-order valence-corrected chi connectivity index (χ4v) is 2.50. The number of aromatic nitrogens is 4. The molecular weight excluding hydrogens is 340 g/mol. The molecule has 0 aliphatic heterocycles. The Morgan fingerprint density at radius 1 is 1.42 bits per heavy atom. The average molecular weight is 358 g/mol. The Bertz CT molecular complexity index is 942. The molecular formula is C16H18N6O4. The minimum Gasteiger partial charge on any atom is -0.481 e. The molecule has 3 aromatic heterocycles. The second kappa shape index (κ2) is 7.33. The van der Waals surface area contributed by atoms with Crippen LogP contribution in [0.3, 0.4) is 0 Å². The second-order valence-electron chi connectivity index (χ2n) is 5.48. The van der Waals surface area contributed by atoms with Gasteiger partial charge in [0.25, 0.3) is 5.91 Å². The van der Waals surface area contributed by atoms with Crippen molar-refractivity contribution in [1.82, 2.24) is 24.9 Å². The Morgan fingerprint density at radius 3 is 2.96 bits per heavy atom. The van der Waals surface area contributed by atoms with Gasteiger partial charge in [0.15, 0.2) is 5.82 Å². The van der Waals surface area contributed by atoms with Crippen molar-refractivity contribution in [2.24, 2.45) is 0 Å². The topological polar surface area (TPSA) is 148 Å². The van der Waals surface area contributed by atoms with E-state index in [0.717, 1.165) is 5.56 Å². The first-order chi connectivity index (χ1) is 12.5. The zero-order valence-corrected chi connectivity index (χ0v) is 14.0. The highest BCUT2D eigenvalue weighted by Gasteiger charge is 2.20. The molecule has 1 atom stereocenters. The van der Waals surface area contributed by atoms with Gasteiger partial charge in [0.2, 0.25) is 5.88 Å². The van der Waals surface area contributed by atoms with E-state index >= 15 is 0 Å². The van der Waals surface area contributed by atoms with E-state index < -0.39 is 18.6 Å². The number of nitrogen functional groups attached to an aromatic ring is 1. The molecule has 3 aromatic rings. The highest BCUT2D eigenvalue weighted by Crippen LogP contribution is 2.28. The van der Waals surface area contributed by atoms with E-state index in [9.17, 15) is 9.90 Å². The lowest BCUT2D eigenvalue weighted by Crippen LogP contribution is -2.33. The van der Waals surface area contributed by atoms with E-state index in [0.29, 0.717) is 17.1 Å². The molecule has 3 rings (SSSR count). The summed E-state index contributed by atoms with van der Waals surface area (Å²) in [5, 5.41) is 25.0. The average Bonchev–Trinajstić information content (AvgIpc) is 3.07. The highest BCUT2D eigenvalue weighted by molar-refractivity contribution is 6.05. The Balaban J connectivity index is 2.08. The van der Waals surface area contributed by atoms with E-state index in [4.69, 9.17) is 15.6 Å². The molecule has 0 bridgehead atoms. The van der Waals surface area contributed by atoms with Crippen molar-refractivity contribution < 1.29 is 19.7 Å². The van der Waals surface area contributed by atoms with Crippen LogP contribution in [-0.2, 0) is 0 Å². The summed E-state index contributed by atoms with van der Waals surface area (Å²) in [6.07, 6.45) is 1.82. The maximum Gasteiger partial charge on any atom is 0.253 e. The van der Waals surface area contributed by atoms with Gasteiger partial charge in [0, 0.05) is 24.4 Å². The quantitative estimate of drug-likeness (QED) is 0.459. The predicted octanol–water partition coefficient (Wildman–Crippen LogP) is -0.535. The molecule has 26 heavy (non-hydrogen) atoms. The van der Waals surface area contributed by atoms with Crippen molar-refractivity contribution in [3.63, 3.8) is 0 Å². The van der Waals surface area contributed by atoms with Crippen molar-refractivity contribution in [2.45, 2.75) is 6.10 Å². The molecule has 10 heteroatoms. The first kappa shape index (κ1) is 17.6. The summed E-state index contributed by atoms with van der Waals surface area (Å²) in [7, 11) is 1.51. The number of aliphatic hydroxyl groups is 2. The van der Waals surface area contributed by atoms with Crippen LogP contribution < -0.4 is 15.8 Å². The Labute approximate surface area is 148 Å². The van der Waals surface area contributed by atoms with E-state index in [1.54, 1.807) is 24.4 Å². The van der Waals surface area contributed by atoms with E-state index in [2.05, 4.69) is 20.4 Å². The molecule has 0 saturated heterocycles. The van der Waals surface area contributed by atoms with Gasteiger partial charge in [-0.25, -0.2) is 14.5 Å². The summed E-state index contributed by atoms with van der Waals surface area (Å²) in [4.78, 5) is 20.5. The lowest BCUT2D eigenvalue weighted by atomic mass is 10.1. The number of nitrogens with one attached hydrogen (secondary N) is 1. The van der Waals surface area contributed by atoms with E-state index in [1.165, 1.54) is 18.0 Å². The number of ether oxygens (including phenoxy) is 1. The first-order valence-corrected chi connectivity index (χ1v) is 7.75. The van der Waals surface area contributed by atoms with Gasteiger partial charge in [-0.1, -0.05) is 0 Å². The molecule has 136 valence electrons. The fourth-order valence-electron chi connectivity index (χ4n) is 2.50. The second-order valence-corrected chi connectivity index (χ2v) is 5.48. The van der Waals surface area contributed by atoms with E-state index in [1.807, 2.05) is 0 Å². The first-order valence-electron chi connectivity index (χ1n) is 7.75. The predicted molar refractivity (Wildman–Crippen MR) is 92.6 cm³/mol. The third kappa shape index (κ3) is 3.27. The SMILES string of the molecule is COc1cc(-c2cc(C(=O)NC[C@@H](O)CO)c3c(N)ncnn23)ccn1. The number of nitrogens with zero attached hydrogens (tertiary/aromatic N) is 4. The van der Waals surface area contributed by atoms with Gasteiger partial charge >= 0.3 is 0 Å². The van der Waals surface area contributed by atoms with Gasteiger partial charge in [-0.05, 0) is 12.1 Å². The molecule has 10 nitrogen and oxygen atoms in total. The molecule has 0 radical (unpaired) electrons. The van der Waals surface area contributed by atoms with Crippen LogP contribution in [0.5, 0.6) is 5.88 Å². The van der Waals surface area contributed by atoms with Crippen LogP contribution in [0, 0.1) is 0 Å². The summed E-state index contributed by atoms with van der Waals surface area (Å²) >= 11 is 0.